The SMILES string of the molecule is CO[C@@H]1CO[C@H]2[C@@H]1OC[C@H]2Oc1ncc(Br)cn1. The first-order valence-corrected chi connectivity index (χ1v) is 6.47. The minimum absolute atomic E-state index is 0.0190. The van der Waals surface area contributed by atoms with Crippen LogP contribution in [0.2, 0.25) is 0 Å². The van der Waals surface area contributed by atoms with Crippen LogP contribution in [0.1, 0.15) is 0 Å². The van der Waals surface area contributed by atoms with E-state index in [9.17, 15) is 0 Å². The number of halogens is 1. The Morgan fingerprint density at radius 3 is 2.44 bits per heavy atom. The number of ether oxygens (including phenoxy) is 4. The predicted octanol–water partition coefficient (Wildman–Crippen LogP) is 0.799. The smallest absolute Gasteiger partial charge is 0.316 e. The number of fused-ring (bicyclic) bond motifs is 1. The third kappa shape index (κ3) is 2.23. The van der Waals surface area contributed by atoms with Crippen LogP contribution in [0, 0.1) is 0 Å². The van der Waals surface area contributed by atoms with Gasteiger partial charge in [0, 0.05) is 19.5 Å². The van der Waals surface area contributed by atoms with Crippen molar-refractivity contribution in [3.63, 3.8) is 0 Å². The van der Waals surface area contributed by atoms with Gasteiger partial charge in [-0.15, -0.1) is 0 Å². The van der Waals surface area contributed by atoms with Crippen molar-refractivity contribution in [2.75, 3.05) is 20.3 Å². The topological polar surface area (TPSA) is 62.7 Å². The Morgan fingerprint density at radius 2 is 1.78 bits per heavy atom. The van der Waals surface area contributed by atoms with Gasteiger partial charge in [-0.05, 0) is 15.9 Å². The van der Waals surface area contributed by atoms with E-state index < -0.39 is 0 Å². The quantitative estimate of drug-likeness (QED) is 0.822. The summed E-state index contributed by atoms with van der Waals surface area (Å²) < 4.78 is 23.1. The van der Waals surface area contributed by atoms with Crippen LogP contribution in [-0.4, -0.2) is 54.7 Å². The Kier molecular flexibility index (Phi) is 3.47. The Morgan fingerprint density at radius 1 is 1.17 bits per heavy atom. The average molecular weight is 317 g/mol. The predicted molar refractivity (Wildman–Crippen MR) is 64.4 cm³/mol. The molecular formula is C11H13BrN2O4. The van der Waals surface area contributed by atoms with Crippen LogP contribution < -0.4 is 4.74 Å². The van der Waals surface area contributed by atoms with Crippen molar-refractivity contribution in [3.05, 3.63) is 16.9 Å². The number of hydrogen-bond acceptors (Lipinski definition) is 6. The van der Waals surface area contributed by atoms with E-state index in [1.54, 1.807) is 19.5 Å². The molecule has 4 atom stereocenters. The summed E-state index contributed by atoms with van der Waals surface area (Å²) in [4.78, 5) is 8.15. The summed E-state index contributed by atoms with van der Waals surface area (Å²) in [5.41, 5.74) is 0. The summed E-state index contributed by atoms with van der Waals surface area (Å²) in [6.45, 7) is 1.00. The molecule has 2 aliphatic rings. The average Bonchev–Trinajstić information content (AvgIpc) is 2.95. The molecule has 18 heavy (non-hydrogen) atoms. The minimum Gasteiger partial charge on any atom is -0.455 e. The standard InChI is InChI=1S/C11H13BrN2O4/c1-15-7-4-16-10-8(5-17-9(7)10)18-11-13-2-6(12)3-14-11/h2-3,7-10H,4-5H2,1H3/t7-,8-,9-,10-/m1/s1. The molecule has 7 heteroatoms. The molecule has 2 fully saturated rings. The fraction of sp³-hybridized carbons (Fsp3) is 0.636. The zero-order valence-electron chi connectivity index (χ0n) is 9.78. The van der Waals surface area contributed by atoms with E-state index in [0.717, 1.165) is 4.47 Å². The molecule has 3 rings (SSSR count). The molecule has 0 unspecified atom stereocenters. The van der Waals surface area contributed by atoms with Gasteiger partial charge in [0.05, 0.1) is 17.7 Å². The molecule has 98 valence electrons. The molecule has 0 aromatic carbocycles. The first-order valence-electron chi connectivity index (χ1n) is 5.68. The second-order valence-electron chi connectivity index (χ2n) is 4.21. The number of rotatable bonds is 3. The lowest BCUT2D eigenvalue weighted by molar-refractivity contribution is -0.0146. The van der Waals surface area contributed by atoms with E-state index in [1.165, 1.54) is 0 Å². The second-order valence-corrected chi connectivity index (χ2v) is 5.13. The molecule has 2 saturated heterocycles. The van der Waals surface area contributed by atoms with Gasteiger partial charge in [0.1, 0.15) is 18.3 Å². The lowest BCUT2D eigenvalue weighted by Crippen LogP contribution is -2.35. The highest BCUT2D eigenvalue weighted by molar-refractivity contribution is 9.10. The Labute approximate surface area is 113 Å². The third-order valence-corrected chi connectivity index (χ3v) is 3.53. The van der Waals surface area contributed by atoms with E-state index in [1.807, 2.05) is 0 Å². The number of aromatic nitrogens is 2. The molecular weight excluding hydrogens is 304 g/mol. The maximum atomic E-state index is 5.69. The summed E-state index contributed by atoms with van der Waals surface area (Å²) in [6.07, 6.45) is 2.91. The summed E-state index contributed by atoms with van der Waals surface area (Å²) in [7, 11) is 1.66. The number of nitrogens with zero attached hydrogens (tertiary/aromatic N) is 2. The van der Waals surface area contributed by atoms with Crippen molar-refractivity contribution in [2.45, 2.75) is 24.4 Å². The van der Waals surface area contributed by atoms with Gasteiger partial charge in [-0.3, -0.25) is 0 Å². The molecule has 0 aliphatic carbocycles. The molecule has 0 amide bonds. The van der Waals surface area contributed by atoms with Crippen molar-refractivity contribution in [3.8, 4) is 6.01 Å². The van der Waals surface area contributed by atoms with Gasteiger partial charge < -0.3 is 18.9 Å². The first kappa shape index (κ1) is 12.3. The molecule has 6 nitrogen and oxygen atoms in total. The van der Waals surface area contributed by atoms with Crippen LogP contribution in [0.3, 0.4) is 0 Å². The van der Waals surface area contributed by atoms with Gasteiger partial charge in [0.15, 0.2) is 6.10 Å². The fourth-order valence-electron chi connectivity index (χ4n) is 2.23. The Hall–Kier alpha value is -0.760. The molecule has 1 aromatic rings. The second kappa shape index (κ2) is 5.08. The molecule has 0 spiro atoms. The lowest BCUT2D eigenvalue weighted by Gasteiger charge is -2.16. The van der Waals surface area contributed by atoms with E-state index >= 15 is 0 Å². The largest absolute Gasteiger partial charge is 0.455 e. The fourth-order valence-corrected chi connectivity index (χ4v) is 2.43. The highest BCUT2D eigenvalue weighted by atomic mass is 79.9. The Balaban J connectivity index is 1.66. The van der Waals surface area contributed by atoms with Crippen LogP contribution in [-0.2, 0) is 14.2 Å². The van der Waals surface area contributed by atoms with E-state index in [2.05, 4.69) is 25.9 Å². The molecule has 2 aliphatic heterocycles. The van der Waals surface area contributed by atoms with E-state index in [0.29, 0.717) is 19.2 Å². The molecule has 0 N–H and O–H groups in total. The number of methoxy groups -OCH3 is 1. The van der Waals surface area contributed by atoms with Crippen LogP contribution in [0.4, 0.5) is 0 Å². The third-order valence-electron chi connectivity index (χ3n) is 3.12. The minimum atomic E-state index is -0.184. The first-order chi connectivity index (χ1) is 8.78. The molecule has 0 radical (unpaired) electrons. The van der Waals surface area contributed by atoms with Crippen molar-refractivity contribution in [2.24, 2.45) is 0 Å². The number of hydrogen-bond donors (Lipinski definition) is 0. The van der Waals surface area contributed by atoms with Crippen molar-refractivity contribution >= 4 is 15.9 Å². The Bertz CT molecular complexity index is 416. The summed E-state index contributed by atoms with van der Waals surface area (Å²) in [6, 6.07) is 0.330. The zero-order chi connectivity index (χ0) is 12.5. The molecule has 0 bridgehead atoms. The highest BCUT2D eigenvalue weighted by Crippen LogP contribution is 2.30. The zero-order valence-corrected chi connectivity index (χ0v) is 11.4. The van der Waals surface area contributed by atoms with Crippen molar-refractivity contribution in [1.29, 1.82) is 0 Å². The molecule has 0 saturated carbocycles. The van der Waals surface area contributed by atoms with Gasteiger partial charge in [-0.25, -0.2) is 9.97 Å². The highest BCUT2D eigenvalue weighted by Gasteiger charge is 2.49. The maximum Gasteiger partial charge on any atom is 0.316 e. The van der Waals surface area contributed by atoms with E-state index in [4.69, 9.17) is 18.9 Å². The van der Waals surface area contributed by atoms with Gasteiger partial charge in [-0.2, -0.15) is 0 Å². The van der Waals surface area contributed by atoms with E-state index in [-0.39, 0.29) is 24.4 Å². The van der Waals surface area contributed by atoms with Crippen LogP contribution in [0.5, 0.6) is 6.01 Å². The van der Waals surface area contributed by atoms with Crippen LogP contribution >= 0.6 is 15.9 Å². The van der Waals surface area contributed by atoms with Crippen molar-refractivity contribution in [1.82, 2.24) is 9.97 Å². The lowest BCUT2D eigenvalue weighted by atomic mass is 10.1. The summed E-state index contributed by atoms with van der Waals surface area (Å²) in [5.74, 6) is 0. The van der Waals surface area contributed by atoms with Gasteiger partial charge in [0.25, 0.3) is 0 Å². The molecule has 1 aromatic heterocycles. The van der Waals surface area contributed by atoms with Crippen LogP contribution in [0.25, 0.3) is 0 Å². The van der Waals surface area contributed by atoms with Crippen molar-refractivity contribution < 1.29 is 18.9 Å². The monoisotopic (exact) mass is 316 g/mol. The van der Waals surface area contributed by atoms with Gasteiger partial charge >= 0.3 is 6.01 Å². The van der Waals surface area contributed by atoms with Gasteiger partial charge in [0.2, 0.25) is 0 Å². The normalized spacial score (nSPS) is 34.6. The van der Waals surface area contributed by atoms with Crippen LogP contribution in [0.15, 0.2) is 16.9 Å². The summed E-state index contributed by atoms with van der Waals surface area (Å²) >= 11 is 3.27. The summed E-state index contributed by atoms with van der Waals surface area (Å²) in [5, 5.41) is 0. The maximum absolute atomic E-state index is 5.69. The molecule has 3 heterocycles. The van der Waals surface area contributed by atoms with Gasteiger partial charge in [-0.1, -0.05) is 0 Å².